The van der Waals surface area contributed by atoms with Crippen LogP contribution in [0.15, 0.2) is 35.3 Å². The molecule has 0 radical (unpaired) electrons. The molecule has 0 bridgehead atoms. The van der Waals surface area contributed by atoms with E-state index in [1.165, 1.54) is 24.1 Å². The number of guanidine groups is 1. The number of aliphatic imine (C=N–C) groups is 1. The summed E-state index contributed by atoms with van der Waals surface area (Å²) in [5.74, 6) is 2.51. The molecule has 2 heterocycles. The summed E-state index contributed by atoms with van der Waals surface area (Å²) >= 11 is 0. The van der Waals surface area contributed by atoms with Crippen molar-refractivity contribution in [2.45, 2.75) is 53.1 Å². The highest BCUT2D eigenvalue weighted by Crippen LogP contribution is 2.20. The minimum atomic E-state index is 0.660. The Balaban J connectivity index is 1.37. The van der Waals surface area contributed by atoms with E-state index in [-0.39, 0.29) is 0 Å². The minimum absolute atomic E-state index is 0.660. The first kappa shape index (κ1) is 24.1. The molecule has 1 aliphatic rings. The molecule has 2 N–H and O–H groups in total. The average Bonchev–Trinajstić information content (AvgIpc) is 3.13. The van der Waals surface area contributed by atoms with Gasteiger partial charge in [0.15, 0.2) is 5.96 Å². The summed E-state index contributed by atoms with van der Waals surface area (Å²) in [5.41, 5.74) is 3.66. The van der Waals surface area contributed by atoms with Gasteiger partial charge in [0.25, 0.3) is 0 Å². The highest BCUT2D eigenvalue weighted by Gasteiger charge is 2.19. The number of benzene rings is 1. The summed E-state index contributed by atoms with van der Waals surface area (Å²) in [4.78, 5) is 7.42. The number of likely N-dealkylation sites (tertiary alicyclic amines) is 1. The summed E-state index contributed by atoms with van der Waals surface area (Å²) in [7, 11) is 1.71. The lowest BCUT2D eigenvalue weighted by Crippen LogP contribution is -2.39. The largest absolute Gasteiger partial charge is 0.497 e. The third-order valence-corrected chi connectivity index (χ3v) is 6.07. The topological polar surface area (TPSA) is 66.7 Å². The molecular formula is C25H40N6O. The van der Waals surface area contributed by atoms with E-state index in [2.05, 4.69) is 57.4 Å². The molecule has 0 amide bonds. The van der Waals surface area contributed by atoms with Gasteiger partial charge in [0.2, 0.25) is 0 Å². The number of methoxy groups -OCH3 is 1. The maximum absolute atomic E-state index is 5.25. The lowest BCUT2D eigenvalue weighted by atomic mass is 9.96. The number of nitrogens with zero attached hydrogens (tertiary/aromatic N) is 4. The molecule has 0 atom stereocenters. The Labute approximate surface area is 193 Å². The van der Waals surface area contributed by atoms with Crippen LogP contribution < -0.4 is 15.4 Å². The fourth-order valence-electron chi connectivity index (χ4n) is 4.22. The van der Waals surface area contributed by atoms with Gasteiger partial charge in [0, 0.05) is 38.4 Å². The van der Waals surface area contributed by atoms with Gasteiger partial charge in [0.05, 0.1) is 12.8 Å². The smallest absolute Gasteiger partial charge is 0.191 e. The quantitative estimate of drug-likeness (QED) is 0.337. The van der Waals surface area contributed by atoms with Crippen LogP contribution in [-0.4, -0.2) is 60.5 Å². The Bertz CT molecular complexity index is 837. The molecule has 32 heavy (non-hydrogen) atoms. The predicted molar refractivity (Wildman–Crippen MR) is 131 cm³/mol. The molecule has 1 aliphatic heterocycles. The van der Waals surface area contributed by atoms with Gasteiger partial charge >= 0.3 is 0 Å². The first-order valence-corrected chi connectivity index (χ1v) is 12.0. The molecule has 0 spiro atoms. The second-order valence-electron chi connectivity index (χ2n) is 8.72. The third-order valence-electron chi connectivity index (χ3n) is 6.07. The zero-order valence-corrected chi connectivity index (χ0v) is 20.2. The van der Waals surface area contributed by atoms with Crippen molar-refractivity contribution in [3.05, 3.63) is 47.3 Å². The second-order valence-corrected chi connectivity index (χ2v) is 8.72. The van der Waals surface area contributed by atoms with Crippen molar-refractivity contribution in [1.29, 1.82) is 0 Å². The van der Waals surface area contributed by atoms with Crippen molar-refractivity contribution in [2.24, 2.45) is 10.9 Å². The maximum atomic E-state index is 5.25. The van der Waals surface area contributed by atoms with E-state index >= 15 is 0 Å². The summed E-state index contributed by atoms with van der Waals surface area (Å²) in [6.07, 6.45) is 3.43. The molecule has 2 aromatic rings. The number of ether oxygens (including phenoxy) is 1. The highest BCUT2D eigenvalue weighted by molar-refractivity contribution is 5.79. The highest BCUT2D eigenvalue weighted by atomic mass is 16.5. The van der Waals surface area contributed by atoms with E-state index in [4.69, 9.17) is 9.73 Å². The van der Waals surface area contributed by atoms with Gasteiger partial charge in [0.1, 0.15) is 5.75 Å². The molecule has 3 rings (SSSR count). The molecular weight excluding hydrogens is 400 g/mol. The first-order valence-electron chi connectivity index (χ1n) is 12.0. The number of hydrogen-bond acceptors (Lipinski definition) is 4. The zero-order chi connectivity index (χ0) is 22.8. The lowest BCUT2D eigenvalue weighted by Gasteiger charge is -2.31. The van der Waals surface area contributed by atoms with Gasteiger partial charge in [-0.2, -0.15) is 5.10 Å². The Morgan fingerprint density at radius 3 is 2.53 bits per heavy atom. The van der Waals surface area contributed by atoms with Gasteiger partial charge in [-0.3, -0.25) is 14.6 Å². The van der Waals surface area contributed by atoms with Crippen molar-refractivity contribution >= 4 is 5.96 Å². The van der Waals surface area contributed by atoms with E-state index < -0.39 is 0 Å². The fourth-order valence-corrected chi connectivity index (χ4v) is 4.22. The summed E-state index contributed by atoms with van der Waals surface area (Å²) in [6.45, 7) is 13.2. The molecule has 0 unspecified atom stereocenters. The Morgan fingerprint density at radius 1 is 1.16 bits per heavy atom. The molecule has 7 heteroatoms. The van der Waals surface area contributed by atoms with E-state index in [0.29, 0.717) is 5.92 Å². The van der Waals surface area contributed by atoms with Crippen molar-refractivity contribution in [3.8, 4) is 5.75 Å². The molecule has 1 aromatic carbocycles. The van der Waals surface area contributed by atoms with Crippen LogP contribution in [0.3, 0.4) is 0 Å². The van der Waals surface area contributed by atoms with E-state index in [9.17, 15) is 0 Å². The van der Waals surface area contributed by atoms with E-state index in [1.807, 2.05) is 19.1 Å². The number of hydrogen-bond donors (Lipinski definition) is 2. The van der Waals surface area contributed by atoms with Crippen molar-refractivity contribution in [2.75, 3.05) is 39.8 Å². The fraction of sp³-hybridized carbons (Fsp3) is 0.600. The molecule has 1 saturated heterocycles. The second kappa shape index (κ2) is 12.5. The van der Waals surface area contributed by atoms with Crippen LogP contribution in [0.5, 0.6) is 5.75 Å². The lowest BCUT2D eigenvalue weighted by molar-refractivity contribution is 0.180. The zero-order valence-electron chi connectivity index (χ0n) is 20.2. The summed E-state index contributed by atoms with van der Waals surface area (Å²) in [6, 6.07) is 10.5. The predicted octanol–water partition coefficient (Wildman–Crippen LogP) is 3.37. The number of piperidine rings is 1. The molecule has 1 fully saturated rings. The van der Waals surface area contributed by atoms with Crippen LogP contribution in [0.4, 0.5) is 0 Å². The number of aryl methyl sites for hydroxylation is 3. The monoisotopic (exact) mass is 440 g/mol. The van der Waals surface area contributed by atoms with Gasteiger partial charge in [-0.05, 0) is 82.8 Å². The SMILES string of the molecule is CCNC(=NCC1CCN(Cc2ccc(OC)cc2)CC1)NCCCn1nc(C)cc1C. The standard InChI is InChI=1S/C25H40N6O/c1-5-26-25(27-13-6-14-31-21(3)17-20(2)29-31)28-18-22-11-15-30(16-12-22)19-23-7-9-24(32-4)10-8-23/h7-10,17,22H,5-6,11-16,18-19H2,1-4H3,(H2,26,27,28). The third kappa shape index (κ3) is 7.55. The van der Waals surface area contributed by atoms with Crippen LogP contribution in [0.25, 0.3) is 0 Å². The summed E-state index contributed by atoms with van der Waals surface area (Å²) in [5, 5.41) is 11.4. The Hall–Kier alpha value is -2.54. The number of rotatable bonds is 10. The van der Waals surface area contributed by atoms with E-state index in [1.54, 1.807) is 7.11 Å². The van der Waals surface area contributed by atoms with Gasteiger partial charge < -0.3 is 15.4 Å². The van der Waals surface area contributed by atoms with Crippen molar-refractivity contribution in [3.63, 3.8) is 0 Å². The summed E-state index contributed by atoms with van der Waals surface area (Å²) < 4.78 is 7.34. The normalized spacial score (nSPS) is 15.7. The van der Waals surface area contributed by atoms with Gasteiger partial charge in [-0.1, -0.05) is 12.1 Å². The van der Waals surface area contributed by atoms with E-state index in [0.717, 1.165) is 69.6 Å². The van der Waals surface area contributed by atoms with Crippen molar-refractivity contribution < 1.29 is 4.74 Å². The molecule has 0 aliphatic carbocycles. The Kier molecular flexibility index (Phi) is 9.41. The molecule has 7 nitrogen and oxygen atoms in total. The molecule has 176 valence electrons. The number of aromatic nitrogens is 2. The number of nitrogens with one attached hydrogen (secondary N) is 2. The van der Waals surface area contributed by atoms with Crippen LogP contribution in [0.1, 0.15) is 43.1 Å². The van der Waals surface area contributed by atoms with Crippen LogP contribution in [-0.2, 0) is 13.1 Å². The Morgan fingerprint density at radius 2 is 1.91 bits per heavy atom. The molecule has 0 saturated carbocycles. The van der Waals surface area contributed by atoms with Gasteiger partial charge in [-0.25, -0.2) is 0 Å². The maximum Gasteiger partial charge on any atom is 0.191 e. The van der Waals surface area contributed by atoms with Crippen LogP contribution in [0.2, 0.25) is 0 Å². The van der Waals surface area contributed by atoms with Crippen molar-refractivity contribution in [1.82, 2.24) is 25.3 Å². The average molecular weight is 441 g/mol. The van der Waals surface area contributed by atoms with Gasteiger partial charge in [-0.15, -0.1) is 0 Å². The van der Waals surface area contributed by atoms with Crippen LogP contribution in [0, 0.1) is 19.8 Å². The minimum Gasteiger partial charge on any atom is -0.497 e. The van der Waals surface area contributed by atoms with Crippen LogP contribution >= 0.6 is 0 Å². The molecule has 1 aromatic heterocycles. The first-order chi connectivity index (χ1) is 15.6.